The normalized spacial score (nSPS) is 14.0. The van der Waals surface area contributed by atoms with Gasteiger partial charge in [-0.1, -0.05) is 0 Å². The summed E-state index contributed by atoms with van der Waals surface area (Å²) in [5.74, 6) is 0. The van der Waals surface area contributed by atoms with Crippen molar-refractivity contribution in [3.05, 3.63) is 0 Å². The van der Waals surface area contributed by atoms with Crippen LogP contribution in [0, 0.1) is 0 Å². The van der Waals surface area contributed by atoms with Crippen molar-refractivity contribution in [1.82, 2.24) is 0 Å². The molecule has 0 N–H and O–H groups in total. The molecular formula is C2H5Cl3F2GeSi. The summed E-state index contributed by atoms with van der Waals surface area (Å²) in [6.07, 6.45) is 0. The van der Waals surface area contributed by atoms with Gasteiger partial charge in [-0.15, -0.1) is 0 Å². The van der Waals surface area contributed by atoms with Crippen LogP contribution in [0.15, 0.2) is 0 Å². The zero-order valence-electron chi connectivity index (χ0n) is 4.60. The molecule has 9 heavy (non-hydrogen) atoms. The number of hydrogen-bond donors (Lipinski definition) is 0. The van der Waals surface area contributed by atoms with E-state index in [4.69, 9.17) is 30.0 Å². The van der Waals surface area contributed by atoms with Crippen LogP contribution in [-0.4, -0.2) is 19.2 Å². The van der Waals surface area contributed by atoms with Crippen LogP contribution in [0.5, 0.6) is 0 Å². The Kier molecular flexibility index (Phi) is 3.80. The van der Waals surface area contributed by atoms with Gasteiger partial charge in [0.2, 0.25) is 0 Å². The maximum absolute atomic E-state index is 12.2. The average molecular weight is 274 g/mol. The molecule has 0 aromatic heterocycles. The van der Waals surface area contributed by atoms with Crippen molar-refractivity contribution in [2.24, 2.45) is 0 Å². The Labute approximate surface area is 68.7 Å². The second-order valence-corrected chi connectivity index (χ2v) is 22.2. The Morgan fingerprint density at radius 3 is 1.67 bits per heavy atom. The maximum atomic E-state index is 12.2. The molecule has 0 radical (unpaired) electrons. The Morgan fingerprint density at radius 2 is 1.67 bits per heavy atom. The van der Waals surface area contributed by atoms with Crippen LogP contribution in [0.2, 0.25) is 11.4 Å². The van der Waals surface area contributed by atoms with E-state index in [1.807, 2.05) is 0 Å². The van der Waals surface area contributed by atoms with E-state index in [1.54, 1.807) is 0 Å². The van der Waals surface area contributed by atoms with Gasteiger partial charge in [0.05, 0.1) is 0 Å². The van der Waals surface area contributed by atoms with Crippen LogP contribution >= 0.6 is 30.0 Å². The third-order valence-corrected chi connectivity index (χ3v) is 14.2. The molecular weight excluding hydrogens is 269 g/mol. The molecule has 0 unspecified atom stereocenters. The van der Waals surface area contributed by atoms with E-state index in [0.717, 1.165) is 6.55 Å². The van der Waals surface area contributed by atoms with Crippen LogP contribution in [-0.2, 0) is 0 Å². The predicted molar refractivity (Wildman–Crippen MR) is 42.0 cm³/mol. The van der Waals surface area contributed by atoms with Crippen molar-refractivity contribution in [3.63, 3.8) is 0 Å². The minimum atomic E-state index is -4.11. The molecule has 0 fully saturated rings. The van der Waals surface area contributed by atoms with Gasteiger partial charge in [0.1, 0.15) is 0 Å². The van der Waals surface area contributed by atoms with Crippen LogP contribution in [0.1, 0.15) is 0 Å². The average Bonchev–Trinajstić information content (AvgIpc) is 1.14. The van der Waals surface area contributed by atoms with Gasteiger partial charge < -0.3 is 0 Å². The first-order valence-electron chi connectivity index (χ1n) is 2.15. The molecule has 0 aliphatic heterocycles. The minimum absolute atomic E-state index is 0.419. The van der Waals surface area contributed by atoms with Gasteiger partial charge in [-0.3, -0.25) is 0 Å². The van der Waals surface area contributed by atoms with E-state index in [0.29, 0.717) is 0 Å². The fourth-order valence-corrected chi connectivity index (χ4v) is 16.5. The molecule has 0 heterocycles. The third-order valence-electron chi connectivity index (χ3n) is 0.511. The molecule has 0 amide bonds. The van der Waals surface area contributed by atoms with E-state index in [2.05, 4.69) is 0 Å². The van der Waals surface area contributed by atoms with E-state index in [9.17, 15) is 8.22 Å². The summed E-state index contributed by atoms with van der Waals surface area (Å²) in [6.45, 7) is 0.889. The van der Waals surface area contributed by atoms with Crippen molar-refractivity contribution in [2.75, 3.05) is 0 Å². The summed E-state index contributed by atoms with van der Waals surface area (Å²) < 4.78 is 24.3. The van der Waals surface area contributed by atoms with E-state index >= 15 is 0 Å². The summed E-state index contributed by atoms with van der Waals surface area (Å²) in [6, 6.07) is 0. The SMILES string of the molecule is C[Si](F)(F)[CH2][Ge]([Cl])([Cl])[Cl]. The molecule has 56 valence electrons. The summed E-state index contributed by atoms with van der Waals surface area (Å²) in [4.78, 5) is -0.419. The molecule has 0 aromatic rings. The van der Waals surface area contributed by atoms with Gasteiger partial charge in [-0.2, -0.15) is 0 Å². The van der Waals surface area contributed by atoms with Crippen molar-refractivity contribution < 1.29 is 8.22 Å². The summed E-state index contributed by atoms with van der Waals surface area (Å²) in [5, 5.41) is 0. The van der Waals surface area contributed by atoms with Gasteiger partial charge in [-0.05, 0) is 0 Å². The van der Waals surface area contributed by atoms with E-state index in [1.165, 1.54) is 0 Å². The molecule has 0 aliphatic carbocycles. The Hall–Kier alpha value is 1.49. The van der Waals surface area contributed by atoms with Crippen molar-refractivity contribution in [2.45, 2.75) is 11.4 Å². The van der Waals surface area contributed by atoms with Crippen LogP contribution < -0.4 is 0 Å². The van der Waals surface area contributed by atoms with Gasteiger partial charge in [-0.25, -0.2) is 0 Å². The molecule has 0 aliphatic rings. The number of hydrogen-bond acceptors (Lipinski definition) is 0. The third kappa shape index (κ3) is 9.49. The van der Waals surface area contributed by atoms with Crippen LogP contribution in [0.3, 0.4) is 0 Å². The number of rotatable bonds is 2. The Balaban J connectivity index is 3.75. The number of halogens is 5. The molecule has 0 rings (SSSR count). The fourth-order valence-electron chi connectivity index (χ4n) is 0.352. The zero-order chi connectivity index (χ0) is 7.71. The summed E-state index contributed by atoms with van der Waals surface area (Å²) >= 11 is 0. The molecule has 0 saturated heterocycles. The van der Waals surface area contributed by atoms with Crippen LogP contribution in [0.4, 0.5) is 8.22 Å². The monoisotopic (exact) mass is 274 g/mol. The predicted octanol–water partition coefficient (Wildman–Crippen LogP) is 3.19. The van der Waals surface area contributed by atoms with E-state index in [-0.39, 0.29) is 0 Å². The quantitative estimate of drug-likeness (QED) is 0.536. The topological polar surface area (TPSA) is 0 Å². The molecule has 0 nitrogen and oxygen atoms in total. The first-order valence-corrected chi connectivity index (χ1v) is 14.4. The van der Waals surface area contributed by atoms with Gasteiger partial charge >= 0.3 is 68.9 Å². The molecule has 0 saturated carbocycles. The zero-order valence-corrected chi connectivity index (χ0v) is 9.96. The molecule has 7 heteroatoms. The molecule has 0 spiro atoms. The Morgan fingerprint density at radius 1 is 1.33 bits per heavy atom. The van der Waals surface area contributed by atoms with Gasteiger partial charge in [0, 0.05) is 0 Å². The molecule has 0 bridgehead atoms. The van der Waals surface area contributed by atoms with Gasteiger partial charge in [0.25, 0.3) is 0 Å². The van der Waals surface area contributed by atoms with Crippen molar-refractivity contribution >= 4 is 49.2 Å². The van der Waals surface area contributed by atoms with Crippen molar-refractivity contribution in [3.8, 4) is 0 Å². The fraction of sp³-hybridized carbons (Fsp3) is 1.00. The second kappa shape index (κ2) is 3.26. The Bertz CT molecular complexity index is 85.0. The van der Waals surface area contributed by atoms with Gasteiger partial charge in [0.15, 0.2) is 0 Å². The van der Waals surface area contributed by atoms with Crippen LogP contribution in [0.25, 0.3) is 0 Å². The summed E-state index contributed by atoms with van der Waals surface area (Å²) in [7, 11) is 8.26. The first-order chi connectivity index (χ1) is 3.71. The van der Waals surface area contributed by atoms with Crippen molar-refractivity contribution in [1.29, 1.82) is 0 Å². The molecule has 0 aromatic carbocycles. The standard InChI is InChI=1S/C2H5Cl3F2GeSi/c1-9(6,7)2-8(3,4)5/h2H2,1H3. The summed E-state index contributed by atoms with van der Waals surface area (Å²) in [5.41, 5.74) is 0. The first kappa shape index (κ1) is 10.5. The molecule has 0 atom stereocenters. The second-order valence-electron chi connectivity index (χ2n) is 1.86. The van der Waals surface area contributed by atoms with E-state index < -0.39 is 24.1 Å².